The molecule has 0 saturated heterocycles. The number of imidazole rings is 1. The third-order valence-corrected chi connectivity index (χ3v) is 6.98. The molecule has 0 radical (unpaired) electrons. The second-order valence-electron chi connectivity index (χ2n) is 7.76. The van der Waals surface area contributed by atoms with Gasteiger partial charge in [-0.3, -0.25) is 10.1 Å². The summed E-state index contributed by atoms with van der Waals surface area (Å²) < 4.78 is 25.3. The number of anilines is 1. The van der Waals surface area contributed by atoms with Crippen LogP contribution in [-0.4, -0.2) is 35.2 Å². The van der Waals surface area contributed by atoms with Gasteiger partial charge in [-0.15, -0.1) is 0 Å². The van der Waals surface area contributed by atoms with Gasteiger partial charge in [0.1, 0.15) is 0 Å². The number of nitrogens with two attached hydrogens (primary N) is 1. The minimum absolute atomic E-state index is 0.0263. The van der Waals surface area contributed by atoms with Crippen molar-refractivity contribution in [3.63, 3.8) is 0 Å². The Morgan fingerprint density at radius 1 is 1.18 bits per heavy atom. The Hall–Kier alpha value is -2.89. The van der Waals surface area contributed by atoms with E-state index in [1.165, 1.54) is 23.9 Å². The van der Waals surface area contributed by atoms with E-state index in [2.05, 4.69) is 15.6 Å². The molecule has 3 amide bonds. The van der Waals surface area contributed by atoms with Crippen molar-refractivity contribution in [2.75, 3.05) is 5.32 Å². The summed E-state index contributed by atoms with van der Waals surface area (Å²) >= 11 is 1.19. The van der Waals surface area contributed by atoms with Crippen molar-refractivity contribution in [1.29, 1.82) is 0 Å². The fourth-order valence-corrected chi connectivity index (χ4v) is 4.81. The van der Waals surface area contributed by atoms with Crippen LogP contribution in [-0.2, 0) is 21.4 Å². The Kier molecular flexibility index (Phi) is 7.45. The summed E-state index contributed by atoms with van der Waals surface area (Å²) in [6, 6.07) is 9.51. The zero-order valence-corrected chi connectivity index (χ0v) is 20.5. The molecule has 0 spiro atoms. The molecule has 1 unspecified atom stereocenters. The van der Waals surface area contributed by atoms with Gasteiger partial charge in [-0.1, -0.05) is 36.4 Å². The number of sulfonamides is 1. The van der Waals surface area contributed by atoms with Gasteiger partial charge in [-0.2, -0.15) is 0 Å². The number of imide groups is 1. The molecule has 0 fully saturated rings. The number of nitrogens with zero attached hydrogens (tertiary/aromatic N) is 2. The molecule has 1 atom stereocenters. The lowest BCUT2D eigenvalue weighted by atomic mass is 10.1. The summed E-state index contributed by atoms with van der Waals surface area (Å²) in [5, 5.41) is 10.2. The van der Waals surface area contributed by atoms with Crippen LogP contribution in [0.25, 0.3) is 11.0 Å². The maximum atomic E-state index is 12.6. The van der Waals surface area contributed by atoms with E-state index in [1.54, 1.807) is 19.1 Å². The Bertz CT molecular complexity index is 1320. The van der Waals surface area contributed by atoms with Crippen molar-refractivity contribution >= 4 is 50.4 Å². The summed E-state index contributed by atoms with van der Waals surface area (Å²) in [4.78, 5) is 29.4. The molecule has 2 aromatic carbocycles. The second-order valence-corrected chi connectivity index (χ2v) is 10.6. The summed E-state index contributed by atoms with van der Waals surface area (Å²) in [7, 11) is -3.86. The van der Waals surface area contributed by atoms with Crippen LogP contribution in [0.15, 0.2) is 46.5 Å². The standard InChI is InChI=1S/C22H27N5O4S2/c1-5-10-27-19-9-7-16(33(23,30)31)12-18(19)25-22(27)32-15(4)20(28)26-21(29)24-17-8-6-13(2)11-14(17)3/h6-9,11-12,15H,5,10H2,1-4H3,(H2,23,30,31)(H2,24,26,28,29). The van der Waals surface area contributed by atoms with Crippen LogP contribution in [0.2, 0.25) is 0 Å². The summed E-state index contributed by atoms with van der Waals surface area (Å²) in [5.74, 6) is -0.470. The highest BCUT2D eigenvalue weighted by atomic mass is 32.2. The van der Waals surface area contributed by atoms with E-state index in [1.807, 2.05) is 37.5 Å². The van der Waals surface area contributed by atoms with E-state index in [0.29, 0.717) is 22.9 Å². The average Bonchev–Trinajstić information content (AvgIpc) is 3.06. The fourth-order valence-electron chi connectivity index (χ4n) is 3.33. The molecule has 3 aromatic rings. The largest absolute Gasteiger partial charge is 0.325 e. The summed E-state index contributed by atoms with van der Waals surface area (Å²) in [6.45, 7) is 8.15. The number of aromatic nitrogens is 2. The number of primary sulfonamides is 1. The van der Waals surface area contributed by atoms with E-state index in [0.717, 1.165) is 23.1 Å². The Balaban J connectivity index is 1.75. The number of amides is 3. The molecule has 1 heterocycles. The topological polar surface area (TPSA) is 136 Å². The zero-order chi connectivity index (χ0) is 24.3. The third kappa shape index (κ3) is 5.92. The number of aryl methyl sites for hydroxylation is 3. The number of carbonyl (C=O) groups excluding carboxylic acids is 2. The molecule has 0 aliphatic heterocycles. The van der Waals surface area contributed by atoms with Gasteiger partial charge in [-0.25, -0.2) is 23.3 Å². The molecule has 3 rings (SSSR count). The van der Waals surface area contributed by atoms with Crippen LogP contribution < -0.4 is 15.8 Å². The van der Waals surface area contributed by atoms with Gasteiger partial charge in [-0.05, 0) is 57.0 Å². The highest BCUT2D eigenvalue weighted by molar-refractivity contribution is 8.00. The number of rotatable bonds is 7. The molecule has 33 heavy (non-hydrogen) atoms. The van der Waals surface area contributed by atoms with Crippen LogP contribution in [0.3, 0.4) is 0 Å². The smallest absolute Gasteiger partial charge is 0.319 e. The second kappa shape index (κ2) is 9.94. The molecule has 11 heteroatoms. The van der Waals surface area contributed by atoms with Crippen LogP contribution >= 0.6 is 11.8 Å². The van der Waals surface area contributed by atoms with Crippen molar-refractivity contribution in [3.05, 3.63) is 47.5 Å². The first-order valence-corrected chi connectivity index (χ1v) is 12.8. The quantitative estimate of drug-likeness (QED) is 0.434. The summed E-state index contributed by atoms with van der Waals surface area (Å²) in [6.07, 6.45) is 0.814. The maximum Gasteiger partial charge on any atom is 0.325 e. The van der Waals surface area contributed by atoms with Crippen molar-refractivity contribution < 1.29 is 18.0 Å². The number of hydrogen-bond donors (Lipinski definition) is 3. The average molecular weight is 490 g/mol. The first-order chi connectivity index (χ1) is 15.5. The number of benzene rings is 2. The molecular formula is C22H27N5O4S2. The van der Waals surface area contributed by atoms with E-state index in [9.17, 15) is 18.0 Å². The van der Waals surface area contributed by atoms with Crippen LogP contribution in [0, 0.1) is 13.8 Å². The zero-order valence-electron chi connectivity index (χ0n) is 18.9. The van der Waals surface area contributed by atoms with Crippen LogP contribution in [0.1, 0.15) is 31.4 Å². The number of nitrogens with one attached hydrogen (secondary N) is 2. The van der Waals surface area contributed by atoms with Crippen molar-refractivity contribution in [1.82, 2.24) is 14.9 Å². The highest BCUT2D eigenvalue weighted by Crippen LogP contribution is 2.29. The molecule has 0 saturated carbocycles. The van der Waals surface area contributed by atoms with E-state index < -0.39 is 27.2 Å². The molecule has 176 valence electrons. The van der Waals surface area contributed by atoms with Crippen molar-refractivity contribution in [2.24, 2.45) is 5.14 Å². The number of hydrogen-bond acceptors (Lipinski definition) is 6. The molecule has 4 N–H and O–H groups in total. The first-order valence-electron chi connectivity index (χ1n) is 10.4. The first kappa shape index (κ1) is 24.7. The Labute approximate surface area is 197 Å². The lowest BCUT2D eigenvalue weighted by Gasteiger charge is -2.14. The van der Waals surface area contributed by atoms with Gasteiger partial charge < -0.3 is 9.88 Å². The van der Waals surface area contributed by atoms with Gasteiger partial charge in [0.05, 0.1) is 21.2 Å². The van der Waals surface area contributed by atoms with E-state index in [4.69, 9.17) is 5.14 Å². The van der Waals surface area contributed by atoms with Gasteiger partial charge in [0.15, 0.2) is 5.16 Å². The maximum absolute atomic E-state index is 12.6. The van der Waals surface area contributed by atoms with Gasteiger partial charge in [0.2, 0.25) is 15.9 Å². The number of urea groups is 1. The number of thioether (sulfide) groups is 1. The van der Waals surface area contributed by atoms with Crippen LogP contribution in [0.4, 0.5) is 10.5 Å². The van der Waals surface area contributed by atoms with E-state index >= 15 is 0 Å². The van der Waals surface area contributed by atoms with Crippen molar-refractivity contribution in [3.8, 4) is 0 Å². The monoisotopic (exact) mass is 489 g/mol. The minimum Gasteiger partial charge on any atom is -0.319 e. The number of fused-ring (bicyclic) bond motifs is 1. The van der Waals surface area contributed by atoms with Crippen LogP contribution in [0.5, 0.6) is 0 Å². The molecule has 0 aliphatic rings. The SMILES string of the molecule is CCCn1c(SC(C)C(=O)NC(=O)Nc2ccc(C)cc2C)nc2cc(S(N)(=O)=O)ccc21. The lowest BCUT2D eigenvalue weighted by molar-refractivity contribution is -0.119. The van der Waals surface area contributed by atoms with E-state index in [-0.39, 0.29) is 4.90 Å². The van der Waals surface area contributed by atoms with Gasteiger partial charge >= 0.3 is 6.03 Å². The third-order valence-electron chi connectivity index (χ3n) is 4.98. The summed E-state index contributed by atoms with van der Waals surface area (Å²) in [5.41, 5.74) is 3.81. The molecule has 1 aromatic heterocycles. The van der Waals surface area contributed by atoms with Crippen molar-refractivity contribution in [2.45, 2.75) is 56.0 Å². The number of carbonyl (C=O) groups is 2. The molecule has 0 aliphatic carbocycles. The molecule has 0 bridgehead atoms. The normalized spacial score (nSPS) is 12.5. The predicted molar refractivity (Wildman–Crippen MR) is 130 cm³/mol. The Morgan fingerprint density at radius 3 is 2.55 bits per heavy atom. The van der Waals surface area contributed by atoms with Gasteiger partial charge in [0.25, 0.3) is 0 Å². The molecular weight excluding hydrogens is 462 g/mol. The molecule has 9 nitrogen and oxygen atoms in total. The fraction of sp³-hybridized carbons (Fsp3) is 0.318. The van der Waals surface area contributed by atoms with Gasteiger partial charge in [0, 0.05) is 12.2 Å². The predicted octanol–water partition coefficient (Wildman–Crippen LogP) is 3.54. The minimum atomic E-state index is -3.86. The highest BCUT2D eigenvalue weighted by Gasteiger charge is 2.22. The lowest BCUT2D eigenvalue weighted by Crippen LogP contribution is -2.39. The Morgan fingerprint density at radius 2 is 1.91 bits per heavy atom.